The average Bonchev–Trinajstić information content (AvgIpc) is 2.77. The third-order valence-corrected chi connectivity index (χ3v) is 5.56. The fourth-order valence-electron chi connectivity index (χ4n) is 3.78. The van der Waals surface area contributed by atoms with Crippen LogP contribution in [0.25, 0.3) is 0 Å². The molecule has 0 radical (unpaired) electrons. The number of amides is 1. The third kappa shape index (κ3) is 4.98. The molecule has 0 bridgehead atoms. The lowest BCUT2D eigenvalue weighted by Crippen LogP contribution is -2.49. The molecule has 2 heterocycles. The maximum absolute atomic E-state index is 12.8. The zero-order valence-corrected chi connectivity index (χ0v) is 17.3. The summed E-state index contributed by atoms with van der Waals surface area (Å²) in [7, 11) is 5.36. The first kappa shape index (κ1) is 20.9. The molecule has 0 saturated carbocycles. The zero-order valence-electron chi connectivity index (χ0n) is 17.3. The second-order valence-electron chi connectivity index (χ2n) is 7.38. The molecule has 1 amide bonds. The SMILES string of the molecule is COc1ccc(CCN(C)C2CCCN(C(=O)c3ccc[nH]c3=O)C2)cc1OC. The van der Waals surface area contributed by atoms with Gasteiger partial charge >= 0.3 is 0 Å². The summed E-state index contributed by atoms with van der Waals surface area (Å²) in [4.78, 5) is 31.4. The van der Waals surface area contributed by atoms with Crippen LogP contribution in [0.1, 0.15) is 28.8 Å². The first-order valence-corrected chi connectivity index (χ1v) is 9.91. The van der Waals surface area contributed by atoms with Crippen molar-refractivity contribution in [3.8, 4) is 11.5 Å². The van der Waals surface area contributed by atoms with Crippen LogP contribution in [0.3, 0.4) is 0 Å². The Morgan fingerprint density at radius 3 is 2.76 bits per heavy atom. The molecule has 1 aromatic heterocycles. The quantitative estimate of drug-likeness (QED) is 0.772. The minimum Gasteiger partial charge on any atom is -0.493 e. The van der Waals surface area contributed by atoms with Gasteiger partial charge in [-0.25, -0.2) is 0 Å². The molecule has 2 aromatic rings. The second-order valence-corrected chi connectivity index (χ2v) is 7.38. The van der Waals surface area contributed by atoms with E-state index in [-0.39, 0.29) is 23.1 Å². The normalized spacial score (nSPS) is 16.7. The topological polar surface area (TPSA) is 74.9 Å². The number of rotatable bonds is 7. The number of hydrogen-bond donors (Lipinski definition) is 1. The number of pyridine rings is 1. The molecule has 156 valence electrons. The summed E-state index contributed by atoms with van der Waals surface area (Å²) in [5.74, 6) is 1.27. The van der Waals surface area contributed by atoms with E-state index in [4.69, 9.17) is 9.47 Å². The van der Waals surface area contributed by atoms with E-state index in [0.29, 0.717) is 13.1 Å². The highest BCUT2D eigenvalue weighted by atomic mass is 16.5. The molecule has 7 heteroatoms. The molecular formula is C22H29N3O4. The van der Waals surface area contributed by atoms with Gasteiger partial charge in [0.1, 0.15) is 5.56 Å². The molecule has 1 atom stereocenters. The predicted octanol–water partition coefficient (Wildman–Crippen LogP) is 2.17. The number of carbonyl (C=O) groups excluding carboxylic acids is 1. The number of likely N-dealkylation sites (tertiary alicyclic amines) is 1. The van der Waals surface area contributed by atoms with Gasteiger partial charge in [-0.1, -0.05) is 6.07 Å². The van der Waals surface area contributed by atoms with E-state index in [2.05, 4.69) is 16.9 Å². The van der Waals surface area contributed by atoms with Gasteiger partial charge < -0.3 is 24.3 Å². The molecule has 7 nitrogen and oxygen atoms in total. The average molecular weight is 399 g/mol. The van der Waals surface area contributed by atoms with E-state index in [1.54, 1.807) is 37.4 Å². The van der Waals surface area contributed by atoms with Crippen molar-refractivity contribution < 1.29 is 14.3 Å². The number of piperidine rings is 1. The summed E-state index contributed by atoms with van der Waals surface area (Å²) < 4.78 is 10.7. The number of aromatic amines is 1. The highest BCUT2D eigenvalue weighted by Gasteiger charge is 2.27. The molecule has 0 aliphatic carbocycles. The zero-order chi connectivity index (χ0) is 20.8. The van der Waals surface area contributed by atoms with Gasteiger partial charge in [0.15, 0.2) is 11.5 Å². The number of nitrogens with one attached hydrogen (secondary N) is 1. The number of likely N-dealkylation sites (N-methyl/N-ethyl adjacent to an activating group) is 1. The van der Waals surface area contributed by atoms with Gasteiger partial charge in [0.05, 0.1) is 14.2 Å². The third-order valence-electron chi connectivity index (χ3n) is 5.56. The Kier molecular flexibility index (Phi) is 6.93. The summed E-state index contributed by atoms with van der Waals surface area (Å²) in [6.07, 6.45) is 4.39. The van der Waals surface area contributed by atoms with Gasteiger partial charge in [-0.2, -0.15) is 0 Å². The van der Waals surface area contributed by atoms with Crippen molar-refractivity contribution in [2.75, 3.05) is 40.9 Å². The number of aromatic nitrogens is 1. The van der Waals surface area contributed by atoms with Crippen LogP contribution in [-0.2, 0) is 6.42 Å². The molecular weight excluding hydrogens is 370 g/mol. The summed E-state index contributed by atoms with van der Waals surface area (Å²) in [6, 6.07) is 9.53. The van der Waals surface area contributed by atoms with E-state index in [1.165, 1.54) is 5.56 Å². The molecule has 1 aromatic carbocycles. The van der Waals surface area contributed by atoms with Gasteiger partial charge in [-0.15, -0.1) is 0 Å². The minimum atomic E-state index is -0.332. The Hall–Kier alpha value is -2.80. The number of H-pyrrole nitrogens is 1. The van der Waals surface area contributed by atoms with Crippen molar-refractivity contribution >= 4 is 5.91 Å². The largest absolute Gasteiger partial charge is 0.493 e. The lowest BCUT2D eigenvalue weighted by atomic mass is 10.0. The van der Waals surface area contributed by atoms with E-state index in [1.807, 2.05) is 18.2 Å². The van der Waals surface area contributed by atoms with Gasteiger partial charge in [0.2, 0.25) is 0 Å². The van der Waals surface area contributed by atoms with Crippen LogP contribution in [-0.4, -0.2) is 67.6 Å². The highest BCUT2D eigenvalue weighted by molar-refractivity contribution is 5.93. The van der Waals surface area contributed by atoms with Crippen LogP contribution in [0.5, 0.6) is 11.5 Å². The summed E-state index contributed by atoms with van der Waals surface area (Å²) in [5.41, 5.74) is 1.05. The van der Waals surface area contributed by atoms with Crippen LogP contribution < -0.4 is 15.0 Å². The second kappa shape index (κ2) is 9.60. The number of benzene rings is 1. The molecule has 3 rings (SSSR count). The number of hydrogen-bond acceptors (Lipinski definition) is 5. The van der Waals surface area contributed by atoms with E-state index in [9.17, 15) is 9.59 Å². The maximum atomic E-state index is 12.8. The van der Waals surface area contributed by atoms with Crippen LogP contribution in [0, 0.1) is 0 Å². The van der Waals surface area contributed by atoms with Crippen molar-refractivity contribution in [1.82, 2.24) is 14.8 Å². The molecule has 1 fully saturated rings. The lowest BCUT2D eigenvalue weighted by molar-refractivity contribution is 0.0610. The summed E-state index contributed by atoms with van der Waals surface area (Å²) in [5, 5.41) is 0. The number of carbonyl (C=O) groups is 1. The van der Waals surface area contributed by atoms with E-state index >= 15 is 0 Å². The Morgan fingerprint density at radius 1 is 1.24 bits per heavy atom. The van der Waals surface area contributed by atoms with Gasteiger partial charge in [0, 0.05) is 31.9 Å². The number of methoxy groups -OCH3 is 2. The predicted molar refractivity (Wildman–Crippen MR) is 112 cm³/mol. The monoisotopic (exact) mass is 399 g/mol. The Bertz CT molecular complexity index is 896. The molecule has 29 heavy (non-hydrogen) atoms. The summed E-state index contributed by atoms with van der Waals surface area (Å²) >= 11 is 0. The van der Waals surface area contributed by atoms with Crippen LogP contribution in [0.2, 0.25) is 0 Å². The van der Waals surface area contributed by atoms with Crippen molar-refractivity contribution in [3.05, 3.63) is 58.0 Å². The maximum Gasteiger partial charge on any atom is 0.260 e. The molecule has 1 saturated heterocycles. The molecule has 1 aliphatic heterocycles. The van der Waals surface area contributed by atoms with Crippen LogP contribution >= 0.6 is 0 Å². The van der Waals surface area contributed by atoms with E-state index in [0.717, 1.165) is 37.3 Å². The van der Waals surface area contributed by atoms with Crippen LogP contribution in [0.4, 0.5) is 0 Å². The summed E-state index contributed by atoms with van der Waals surface area (Å²) in [6.45, 7) is 2.19. The molecule has 1 aliphatic rings. The number of ether oxygens (including phenoxy) is 2. The Labute approximate surface area is 171 Å². The standard InChI is InChI=1S/C22H29N3O4/c1-24(13-10-16-8-9-19(28-2)20(14-16)29-3)17-6-5-12-25(15-17)22(27)18-7-4-11-23-21(18)26/h4,7-9,11,14,17H,5-6,10,12-13,15H2,1-3H3,(H,23,26). The van der Waals surface area contributed by atoms with Crippen molar-refractivity contribution in [2.45, 2.75) is 25.3 Å². The van der Waals surface area contributed by atoms with Crippen LogP contribution in [0.15, 0.2) is 41.3 Å². The number of nitrogens with zero attached hydrogens (tertiary/aromatic N) is 2. The van der Waals surface area contributed by atoms with Gasteiger partial charge in [0.25, 0.3) is 11.5 Å². The van der Waals surface area contributed by atoms with Crippen molar-refractivity contribution in [2.24, 2.45) is 0 Å². The smallest absolute Gasteiger partial charge is 0.260 e. The van der Waals surface area contributed by atoms with E-state index < -0.39 is 0 Å². The molecule has 1 N–H and O–H groups in total. The Morgan fingerprint density at radius 2 is 2.03 bits per heavy atom. The fourth-order valence-corrected chi connectivity index (χ4v) is 3.78. The first-order valence-electron chi connectivity index (χ1n) is 9.91. The van der Waals surface area contributed by atoms with Gasteiger partial charge in [-0.3, -0.25) is 9.59 Å². The van der Waals surface area contributed by atoms with Crippen molar-refractivity contribution in [1.29, 1.82) is 0 Å². The minimum absolute atomic E-state index is 0.190. The molecule has 0 spiro atoms. The van der Waals surface area contributed by atoms with Crippen molar-refractivity contribution in [3.63, 3.8) is 0 Å². The Balaban J connectivity index is 1.60. The lowest BCUT2D eigenvalue weighted by Gasteiger charge is -2.37. The fraction of sp³-hybridized carbons (Fsp3) is 0.455. The van der Waals surface area contributed by atoms with Gasteiger partial charge in [-0.05, 0) is 56.1 Å². The molecule has 1 unspecified atom stereocenters. The first-order chi connectivity index (χ1) is 14.0. The highest BCUT2D eigenvalue weighted by Crippen LogP contribution is 2.28.